The number of aromatic nitrogens is 1. The average Bonchev–Trinajstić information content (AvgIpc) is 3.40. The summed E-state index contributed by atoms with van der Waals surface area (Å²) in [6.45, 7) is 37.5. The van der Waals surface area contributed by atoms with Gasteiger partial charge in [-0.25, -0.2) is 0 Å². The SMILES string of the molecule is CCC(CC)C(=O)/C=C(\O)C(CC)CC.CCC(CC)c1cc(-c2nccc3c(C)c([Si](C(C)(C)C)(C(C)(C)C)C(C)(C)C)sc23)[c-]c2ccccc12.[Ir]. The number of carbonyl (C=O) groups is 1. The molecule has 0 fully saturated rings. The maximum absolute atomic E-state index is 11.7. The van der Waals surface area contributed by atoms with Gasteiger partial charge in [-0.05, 0) is 75.2 Å². The Morgan fingerprint density at radius 1 is 0.796 bits per heavy atom. The Hall–Kier alpha value is -2.11. The van der Waals surface area contributed by atoms with E-state index >= 15 is 0 Å². The second kappa shape index (κ2) is 19.4. The van der Waals surface area contributed by atoms with Crippen LogP contribution in [0.1, 0.15) is 159 Å². The summed E-state index contributed by atoms with van der Waals surface area (Å²) in [4.78, 5) is 16.8. The maximum Gasteiger partial charge on any atom is 0.162 e. The van der Waals surface area contributed by atoms with Crippen LogP contribution in [0.3, 0.4) is 0 Å². The molecule has 1 radical (unpaired) electrons. The molecule has 0 aliphatic carbocycles. The van der Waals surface area contributed by atoms with Crippen molar-refractivity contribution in [1.29, 1.82) is 0 Å². The van der Waals surface area contributed by atoms with Gasteiger partial charge in [-0.3, -0.25) is 9.78 Å². The van der Waals surface area contributed by atoms with Crippen molar-refractivity contribution in [1.82, 2.24) is 4.98 Å². The minimum Gasteiger partial charge on any atom is -0.512 e. The van der Waals surface area contributed by atoms with Crippen LogP contribution in [0.15, 0.2) is 54.4 Å². The number of ketones is 1. The average molecular weight is 947 g/mol. The van der Waals surface area contributed by atoms with Gasteiger partial charge in [0.25, 0.3) is 0 Å². The zero-order chi connectivity index (χ0) is 40.1. The Balaban J connectivity index is 0.000000536. The van der Waals surface area contributed by atoms with Crippen molar-refractivity contribution in [3.8, 4) is 11.3 Å². The van der Waals surface area contributed by atoms with Crippen LogP contribution in [0.5, 0.6) is 0 Å². The first-order valence-corrected chi connectivity index (χ1v) is 23.3. The summed E-state index contributed by atoms with van der Waals surface area (Å²) in [7, 11) is -2.13. The van der Waals surface area contributed by atoms with E-state index in [0.29, 0.717) is 5.92 Å². The minimum absolute atomic E-state index is 0. The van der Waals surface area contributed by atoms with Crippen molar-refractivity contribution in [2.24, 2.45) is 11.8 Å². The molecule has 4 aromatic rings. The molecule has 0 bridgehead atoms. The van der Waals surface area contributed by atoms with Crippen LogP contribution < -0.4 is 4.50 Å². The number of nitrogens with zero attached hydrogens (tertiary/aromatic N) is 1. The second-order valence-electron chi connectivity index (χ2n) is 18.3. The summed E-state index contributed by atoms with van der Waals surface area (Å²) >= 11 is 2.04. The number of aliphatic hydroxyl groups excluding tert-OH is 1. The molecule has 0 spiro atoms. The van der Waals surface area contributed by atoms with Gasteiger partial charge >= 0.3 is 0 Å². The summed E-state index contributed by atoms with van der Waals surface area (Å²) in [6, 6.07) is 17.2. The molecule has 0 aliphatic rings. The standard InChI is InChI=1S/C35H48NSSi.C13H24O2.Ir/c1-13-24(14-2)29-22-26(21-25-17-15-16-18-28(25)29)30-31-27(19-20-36-30)23(3)32(37-31)38(33(4,5)6,34(7,8)9)35(10,11)12;1-5-10(6-2)12(14)9-13(15)11(7-3)8-4;/h15-20,22,24H,13-14H2,1-12H3;9-11,14H,5-8H2,1-4H3;/q-1;;/b;12-9-;. The molecular formula is C48H72IrNO2SSi-. The monoisotopic (exact) mass is 947 g/mol. The Bertz CT molecular complexity index is 1820. The quantitative estimate of drug-likeness (QED) is 0.0666. The van der Waals surface area contributed by atoms with E-state index in [0.717, 1.165) is 49.8 Å². The van der Waals surface area contributed by atoms with Crippen molar-refractivity contribution in [3.05, 3.63) is 71.6 Å². The fourth-order valence-corrected chi connectivity index (χ4v) is 24.5. The molecule has 6 heteroatoms. The van der Waals surface area contributed by atoms with Gasteiger partial charge in [0.2, 0.25) is 0 Å². The van der Waals surface area contributed by atoms with Crippen molar-refractivity contribution in [2.75, 3.05) is 0 Å². The number of benzene rings is 2. The van der Waals surface area contributed by atoms with E-state index in [4.69, 9.17) is 4.98 Å². The Labute approximate surface area is 348 Å². The fourth-order valence-electron chi connectivity index (χ4n) is 10.3. The van der Waals surface area contributed by atoms with Crippen LogP contribution in [-0.2, 0) is 24.9 Å². The third-order valence-corrected chi connectivity index (χ3v) is 22.3. The first kappa shape index (κ1) is 48.0. The van der Waals surface area contributed by atoms with E-state index in [-0.39, 0.29) is 58.6 Å². The van der Waals surface area contributed by atoms with Crippen molar-refractivity contribution in [2.45, 2.75) is 170 Å². The number of rotatable bonds is 12. The van der Waals surface area contributed by atoms with Gasteiger partial charge in [-0.1, -0.05) is 146 Å². The number of hydrogen-bond acceptors (Lipinski definition) is 4. The fraction of sp³-hybridized carbons (Fsp3) is 0.583. The summed E-state index contributed by atoms with van der Waals surface area (Å²) < 4.78 is 2.98. The van der Waals surface area contributed by atoms with Gasteiger partial charge in [0, 0.05) is 54.6 Å². The van der Waals surface area contributed by atoms with Gasteiger partial charge in [0.05, 0.1) is 5.76 Å². The van der Waals surface area contributed by atoms with E-state index in [9.17, 15) is 9.90 Å². The van der Waals surface area contributed by atoms with E-state index < -0.39 is 8.07 Å². The molecule has 1 N–H and O–H groups in total. The van der Waals surface area contributed by atoms with E-state index in [1.54, 1.807) is 4.50 Å². The van der Waals surface area contributed by atoms with Crippen LogP contribution in [0, 0.1) is 24.8 Å². The van der Waals surface area contributed by atoms with E-state index in [2.05, 4.69) is 126 Å². The van der Waals surface area contributed by atoms with Gasteiger partial charge in [-0.15, -0.1) is 29.1 Å². The number of aliphatic hydroxyl groups is 1. The molecule has 0 saturated carbocycles. The van der Waals surface area contributed by atoms with Crippen LogP contribution >= 0.6 is 11.3 Å². The summed E-state index contributed by atoms with van der Waals surface area (Å²) in [6.07, 6.45) is 9.21. The van der Waals surface area contributed by atoms with Crippen LogP contribution in [-0.4, -0.2) is 23.9 Å². The Kier molecular flexibility index (Phi) is 17.2. The largest absolute Gasteiger partial charge is 0.512 e. The van der Waals surface area contributed by atoms with Gasteiger partial charge in [-0.2, -0.15) is 11.3 Å². The number of aryl methyl sites for hydroxylation is 1. The summed E-state index contributed by atoms with van der Waals surface area (Å²) in [5, 5.41) is 14.2. The maximum atomic E-state index is 11.7. The third kappa shape index (κ3) is 9.52. The van der Waals surface area contributed by atoms with Gasteiger partial charge < -0.3 is 5.11 Å². The van der Waals surface area contributed by atoms with E-state index in [1.807, 2.05) is 45.2 Å². The predicted octanol–water partition coefficient (Wildman–Crippen LogP) is 15.1. The molecule has 4 rings (SSSR count). The normalized spacial score (nSPS) is 13.1. The third-order valence-electron chi connectivity index (χ3n) is 12.1. The van der Waals surface area contributed by atoms with Gasteiger partial charge in [0.1, 0.15) is 8.07 Å². The smallest absolute Gasteiger partial charge is 0.162 e. The number of hydrogen-bond donors (Lipinski definition) is 1. The van der Waals surface area contributed by atoms with Crippen LogP contribution in [0.25, 0.3) is 32.1 Å². The molecule has 2 aromatic heterocycles. The molecule has 0 unspecified atom stereocenters. The molecule has 2 heterocycles. The number of fused-ring (bicyclic) bond motifs is 2. The molecule has 54 heavy (non-hydrogen) atoms. The predicted molar refractivity (Wildman–Crippen MR) is 238 cm³/mol. The topological polar surface area (TPSA) is 50.2 Å². The Morgan fingerprint density at radius 3 is 1.80 bits per heavy atom. The second-order valence-corrected chi connectivity index (χ2v) is 26.2. The van der Waals surface area contributed by atoms with Gasteiger partial charge in [0.15, 0.2) is 5.78 Å². The molecule has 0 amide bonds. The number of allylic oxidation sites excluding steroid dienone is 2. The van der Waals surface area contributed by atoms with Crippen molar-refractivity contribution >= 4 is 50.6 Å². The molecule has 3 nitrogen and oxygen atoms in total. The van der Waals surface area contributed by atoms with E-state index in [1.165, 1.54) is 38.1 Å². The first-order chi connectivity index (χ1) is 24.7. The zero-order valence-electron chi connectivity index (χ0n) is 36.6. The number of pyridine rings is 1. The molecular weight excluding hydrogens is 875 g/mol. The molecule has 0 atom stereocenters. The zero-order valence-corrected chi connectivity index (χ0v) is 40.8. The molecule has 301 valence electrons. The van der Waals surface area contributed by atoms with Crippen molar-refractivity contribution in [3.63, 3.8) is 0 Å². The van der Waals surface area contributed by atoms with Crippen LogP contribution in [0.2, 0.25) is 15.1 Å². The summed E-state index contributed by atoms with van der Waals surface area (Å²) in [5.41, 5.74) is 5.15. The number of thiophene rings is 1. The first-order valence-electron chi connectivity index (χ1n) is 20.5. The molecule has 2 aromatic carbocycles. The van der Waals surface area contributed by atoms with Crippen LogP contribution in [0.4, 0.5) is 0 Å². The Morgan fingerprint density at radius 2 is 1.31 bits per heavy atom. The number of carbonyl (C=O) groups excluding carboxylic acids is 1. The molecule has 0 aliphatic heterocycles. The molecule has 0 saturated heterocycles. The summed E-state index contributed by atoms with van der Waals surface area (Å²) in [5.74, 6) is 1.09. The van der Waals surface area contributed by atoms with Crippen molar-refractivity contribution < 1.29 is 30.0 Å². The minimum atomic E-state index is -2.13.